The molecule has 4 nitrogen and oxygen atoms in total. The molecule has 0 atom stereocenters. The van der Waals surface area contributed by atoms with E-state index in [4.69, 9.17) is 9.47 Å². The molecule has 0 fully saturated rings. The normalized spacial score (nSPS) is 9.50. The molecule has 0 aliphatic heterocycles. The number of rotatable bonds is 7. The van der Waals surface area contributed by atoms with Crippen molar-refractivity contribution in [2.24, 2.45) is 0 Å². The van der Waals surface area contributed by atoms with E-state index in [1.807, 2.05) is 22.6 Å². The average Bonchev–Trinajstić information content (AvgIpc) is 2.40. The summed E-state index contributed by atoms with van der Waals surface area (Å²) in [6.07, 6.45) is 3.95. The highest BCUT2D eigenvalue weighted by Gasteiger charge is 2.08. The van der Waals surface area contributed by atoms with Crippen molar-refractivity contribution in [3.05, 3.63) is 6.20 Å². The van der Waals surface area contributed by atoms with E-state index in [1.165, 1.54) is 0 Å². The van der Waals surface area contributed by atoms with Crippen LogP contribution in [0.25, 0.3) is 0 Å². The number of methoxy groups -OCH3 is 1. The molecule has 0 aliphatic carbocycles. The van der Waals surface area contributed by atoms with Crippen molar-refractivity contribution in [2.75, 3.05) is 19.5 Å². The quantitative estimate of drug-likeness (QED) is 0.240. The maximum Gasteiger partial charge on any atom is 0.262 e. The Kier molecular flexibility index (Phi) is 7.93. The maximum atomic E-state index is 5.45. The second-order valence-electron chi connectivity index (χ2n) is 3.29. The Hall–Kier alpha value is -0.680. The van der Waals surface area contributed by atoms with Crippen LogP contribution in [0.4, 0.5) is 0 Å². The van der Waals surface area contributed by atoms with Crippen LogP contribution in [-0.4, -0.2) is 29.4 Å². The van der Waals surface area contributed by atoms with Crippen molar-refractivity contribution in [3.8, 4) is 21.5 Å². The van der Waals surface area contributed by atoms with Gasteiger partial charge in [0.15, 0.2) is 17.5 Å². The number of nitrogens with zero attached hydrogens (tertiary/aromatic N) is 2. The molecule has 0 aliphatic rings. The van der Waals surface area contributed by atoms with Crippen LogP contribution < -0.4 is 9.47 Å². The first-order valence-corrected chi connectivity index (χ1v) is 7.63. The fraction of sp³-hybridized carbons (Fsp3) is 0.500. The van der Waals surface area contributed by atoms with Gasteiger partial charge in [-0.1, -0.05) is 31.0 Å². The van der Waals surface area contributed by atoms with Crippen LogP contribution in [0, 0.1) is 9.85 Å². The molecule has 6 heteroatoms. The van der Waals surface area contributed by atoms with Gasteiger partial charge in [-0.3, -0.25) is 0 Å². The maximum absolute atomic E-state index is 5.45. The van der Waals surface area contributed by atoms with Crippen molar-refractivity contribution < 1.29 is 9.47 Å². The van der Waals surface area contributed by atoms with E-state index in [2.05, 4.69) is 26.7 Å². The molecule has 1 rings (SSSR count). The predicted octanol–water partition coefficient (Wildman–Crippen LogP) is 3.15. The zero-order chi connectivity index (χ0) is 13.2. The Balaban J connectivity index is 2.69. The number of ether oxygens (including phenoxy) is 2. The molecule has 0 spiro atoms. The van der Waals surface area contributed by atoms with Crippen LogP contribution in [0.5, 0.6) is 11.6 Å². The summed E-state index contributed by atoms with van der Waals surface area (Å²) in [6, 6.07) is 0. The highest BCUT2D eigenvalue weighted by molar-refractivity contribution is 14.1. The minimum absolute atomic E-state index is 0.301. The molecule has 0 aromatic carbocycles. The predicted molar refractivity (Wildman–Crippen MR) is 81.5 cm³/mol. The van der Waals surface area contributed by atoms with Crippen LogP contribution in [0.3, 0.4) is 0 Å². The lowest BCUT2D eigenvalue weighted by Crippen LogP contribution is -2.01. The molecule has 1 heterocycles. The SMILES string of the molecule is CCCCSc1ncc(OC)c(OCC#CI)n1. The lowest BCUT2D eigenvalue weighted by atomic mass is 10.4. The van der Waals surface area contributed by atoms with E-state index < -0.39 is 0 Å². The van der Waals surface area contributed by atoms with Gasteiger partial charge in [0, 0.05) is 28.3 Å². The van der Waals surface area contributed by atoms with E-state index in [9.17, 15) is 0 Å². The molecular formula is C12H15IN2O2S. The van der Waals surface area contributed by atoms with Gasteiger partial charge >= 0.3 is 0 Å². The summed E-state index contributed by atoms with van der Waals surface area (Å²) in [7, 11) is 1.57. The molecule has 18 heavy (non-hydrogen) atoms. The smallest absolute Gasteiger partial charge is 0.262 e. The number of hydrogen-bond donors (Lipinski definition) is 0. The van der Waals surface area contributed by atoms with Crippen molar-refractivity contribution in [1.29, 1.82) is 0 Å². The van der Waals surface area contributed by atoms with Crippen LogP contribution >= 0.6 is 34.4 Å². The zero-order valence-electron chi connectivity index (χ0n) is 10.4. The molecule has 0 bridgehead atoms. The first-order valence-electron chi connectivity index (χ1n) is 5.57. The van der Waals surface area contributed by atoms with Crippen LogP contribution in [0.1, 0.15) is 19.8 Å². The van der Waals surface area contributed by atoms with E-state index in [0.717, 1.165) is 18.6 Å². The standard InChI is InChI=1S/C12H15IN2O2S/c1-3-4-8-18-12-14-9-10(16-2)11(15-12)17-7-5-6-13/h9H,3-4,7-8H2,1-2H3. The molecule has 0 saturated carbocycles. The third-order valence-electron chi connectivity index (χ3n) is 2.00. The summed E-state index contributed by atoms with van der Waals surface area (Å²) in [6.45, 7) is 2.46. The Morgan fingerprint density at radius 3 is 3.00 bits per heavy atom. The summed E-state index contributed by atoms with van der Waals surface area (Å²) in [5.41, 5.74) is 0. The Labute approximate surface area is 125 Å². The molecular weight excluding hydrogens is 363 g/mol. The molecule has 1 aromatic rings. The van der Waals surface area contributed by atoms with Crippen molar-refractivity contribution in [3.63, 3.8) is 0 Å². The largest absolute Gasteiger partial charge is 0.490 e. The molecule has 0 N–H and O–H groups in total. The van der Waals surface area contributed by atoms with Gasteiger partial charge in [-0.15, -0.1) is 0 Å². The second-order valence-corrected chi connectivity index (χ2v) is 4.89. The number of thioether (sulfide) groups is 1. The van der Waals surface area contributed by atoms with Gasteiger partial charge in [-0.2, -0.15) is 4.98 Å². The average molecular weight is 378 g/mol. The van der Waals surface area contributed by atoms with E-state index >= 15 is 0 Å². The third-order valence-corrected chi connectivity index (χ3v) is 3.33. The van der Waals surface area contributed by atoms with Gasteiger partial charge in [0.2, 0.25) is 0 Å². The Bertz CT molecular complexity index is 432. The molecule has 1 aromatic heterocycles. The van der Waals surface area contributed by atoms with Gasteiger partial charge in [0.25, 0.3) is 5.88 Å². The Morgan fingerprint density at radius 1 is 1.50 bits per heavy atom. The van der Waals surface area contributed by atoms with E-state index in [-0.39, 0.29) is 0 Å². The molecule has 0 saturated heterocycles. The summed E-state index contributed by atoms with van der Waals surface area (Å²) in [5.74, 6) is 4.80. The monoisotopic (exact) mass is 378 g/mol. The van der Waals surface area contributed by atoms with Crippen LogP contribution in [0.2, 0.25) is 0 Å². The van der Waals surface area contributed by atoms with Crippen molar-refractivity contribution >= 4 is 34.4 Å². The lowest BCUT2D eigenvalue weighted by Gasteiger charge is -2.08. The van der Waals surface area contributed by atoms with Gasteiger partial charge in [-0.25, -0.2) is 4.98 Å². The molecule has 0 unspecified atom stereocenters. The van der Waals surface area contributed by atoms with Gasteiger partial charge in [0.05, 0.1) is 13.3 Å². The lowest BCUT2D eigenvalue weighted by molar-refractivity contribution is 0.313. The fourth-order valence-electron chi connectivity index (χ4n) is 1.09. The van der Waals surface area contributed by atoms with Crippen LogP contribution in [-0.2, 0) is 0 Å². The van der Waals surface area contributed by atoms with E-state index in [1.54, 1.807) is 25.1 Å². The summed E-state index contributed by atoms with van der Waals surface area (Å²) in [5, 5.41) is 0.710. The number of unbranched alkanes of at least 4 members (excludes halogenated alkanes) is 1. The number of aromatic nitrogens is 2. The second kappa shape index (κ2) is 9.28. The van der Waals surface area contributed by atoms with Gasteiger partial charge in [-0.05, 0) is 10.3 Å². The highest BCUT2D eigenvalue weighted by Crippen LogP contribution is 2.26. The number of halogens is 1. The zero-order valence-corrected chi connectivity index (χ0v) is 13.4. The highest BCUT2D eigenvalue weighted by atomic mass is 127. The van der Waals surface area contributed by atoms with Crippen LogP contribution in [0.15, 0.2) is 11.4 Å². The molecule has 0 radical (unpaired) electrons. The summed E-state index contributed by atoms with van der Waals surface area (Å²) < 4.78 is 13.3. The Morgan fingerprint density at radius 2 is 2.33 bits per heavy atom. The van der Waals surface area contributed by atoms with Gasteiger partial charge in [0.1, 0.15) is 0 Å². The minimum atomic E-state index is 0.301. The summed E-state index contributed by atoms with van der Waals surface area (Å²) >= 11 is 3.59. The van der Waals surface area contributed by atoms with Gasteiger partial charge < -0.3 is 9.47 Å². The van der Waals surface area contributed by atoms with Crippen molar-refractivity contribution in [1.82, 2.24) is 9.97 Å². The molecule has 98 valence electrons. The molecule has 0 amide bonds. The minimum Gasteiger partial charge on any atom is -0.490 e. The first-order chi connectivity index (χ1) is 8.81. The van der Waals surface area contributed by atoms with Crippen molar-refractivity contribution in [2.45, 2.75) is 24.9 Å². The first kappa shape index (κ1) is 15.4. The van der Waals surface area contributed by atoms with E-state index in [0.29, 0.717) is 23.4 Å². The topological polar surface area (TPSA) is 44.2 Å². The summed E-state index contributed by atoms with van der Waals surface area (Å²) in [4.78, 5) is 8.54. The fourth-order valence-corrected chi connectivity index (χ4v) is 2.14. The third kappa shape index (κ3) is 5.31. The number of hydrogen-bond acceptors (Lipinski definition) is 5.